The fourth-order valence-corrected chi connectivity index (χ4v) is 4.56. The van der Waals surface area contributed by atoms with Gasteiger partial charge in [0.25, 0.3) is 0 Å². The highest BCUT2D eigenvalue weighted by molar-refractivity contribution is 5.70. The Hall–Kier alpha value is -4.31. The van der Waals surface area contributed by atoms with Gasteiger partial charge in [0, 0.05) is 54.9 Å². The van der Waals surface area contributed by atoms with Crippen LogP contribution in [0.1, 0.15) is 55.5 Å². The van der Waals surface area contributed by atoms with Gasteiger partial charge < -0.3 is 14.8 Å². The van der Waals surface area contributed by atoms with Crippen LogP contribution in [0.15, 0.2) is 52.8 Å². The van der Waals surface area contributed by atoms with Gasteiger partial charge in [-0.15, -0.1) is 0 Å². The van der Waals surface area contributed by atoms with Gasteiger partial charge in [0.15, 0.2) is 0 Å². The molecule has 0 fully saturated rings. The van der Waals surface area contributed by atoms with Crippen LogP contribution < -0.4 is 15.7 Å². The van der Waals surface area contributed by atoms with Crippen LogP contribution in [0.3, 0.4) is 0 Å². The van der Waals surface area contributed by atoms with E-state index in [9.17, 15) is 9.59 Å². The normalized spacial score (nSPS) is 13.1. The van der Waals surface area contributed by atoms with Crippen molar-refractivity contribution in [3.05, 3.63) is 80.6 Å². The molecule has 0 saturated carbocycles. The highest BCUT2D eigenvalue weighted by atomic mass is 16.5. The zero-order chi connectivity index (χ0) is 27.5. The van der Waals surface area contributed by atoms with Gasteiger partial charge in [0.2, 0.25) is 5.88 Å². The van der Waals surface area contributed by atoms with E-state index in [-0.39, 0.29) is 18.7 Å². The average molecular weight is 535 g/mol. The second-order valence-corrected chi connectivity index (χ2v) is 9.24. The lowest BCUT2D eigenvalue weighted by Gasteiger charge is -2.18. The molecule has 1 aliphatic rings. The topological polar surface area (TPSA) is 149 Å². The molecule has 0 aromatic carbocycles. The molecule has 1 N–H and O–H groups in total. The van der Waals surface area contributed by atoms with Crippen molar-refractivity contribution < 1.29 is 14.3 Å². The molecule has 1 aliphatic heterocycles. The van der Waals surface area contributed by atoms with E-state index in [1.54, 1.807) is 46.8 Å². The van der Waals surface area contributed by atoms with E-state index in [4.69, 9.17) is 20.0 Å². The Balaban J connectivity index is 1.42. The van der Waals surface area contributed by atoms with Gasteiger partial charge in [-0.2, -0.15) is 0 Å². The Morgan fingerprint density at radius 3 is 2.95 bits per heavy atom. The first-order valence-corrected chi connectivity index (χ1v) is 13.3. The lowest BCUT2D eigenvalue weighted by atomic mass is 10.1. The number of hydrogen-bond donors (Lipinski definition) is 1. The number of ether oxygens (including phenoxy) is 2. The number of aromatic nitrogens is 4. The van der Waals surface area contributed by atoms with Gasteiger partial charge in [-0.25, -0.2) is 14.8 Å². The summed E-state index contributed by atoms with van der Waals surface area (Å²) in [5, 5.41) is 6.83. The number of azide groups is 1. The van der Waals surface area contributed by atoms with E-state index in [0.717, 1.165) is 43.7 Å². The zero-order valence-corrected chi connectivity index (χ0v) is 22.2. The summed E-state index contributed by atoms with van der Waals surface area (Å²) in [4.78, 5) is 37.5. The van der Waals surface area contributed by atoms with Crippen molar-refractivity contribution in [3.8, 4) is 5.88 Å². The first-order chi connectivity index (χ1) is 19.1. The monoisotopic (exact) mass is 534 g/mol. The van der Waals surface area contributed by atoms with Crippen LogP contribution in [-0.2, 0) is 28.9 Å². The maximum atomic E-state index is 13.3. The number of hydrogen-bond acceptors (Lipinski definition) is 8. The third-order valence-electron chi connectivity index (χ3n) is 6.52. The Morgan fingerprint density at radius 2 is 2.15 bits per heavy atom. The van der Waals surface area contributed by atoms with Gasteiger partial charge in [-0.3, -0.25) is 13.9 Å². The van der Waals surface area contributed by atoms with Crippen LogP contribution >= 0.6 is 0 Å². The third-order valence-corrected chi connectivity index (χ3v) is 6.52. The van der Waals surface area contributed by atoms with E-state index in [2.05, 4.69) is 32.5 Å². The molecule has 3 aromatic heterocycles. The number of nitrogens with one attached hydrogen (secondary N) is 1. The van der Waals surface area contributed by atoms with Crippen molar-refractivity contribution in [1.82, 2.24) is 19.1 Å². The predicted octanol–water partition coefficient (Wildman–Crippen LogP) is 4.05. The van der Waals surface area contributed by atoms with Crippen molar-refractivity contribution in [2.45, 2.75) is 58.0 Å². The van der Waals surface area contributed by atoms with Gasteiger partial charge in [0.1, 0.15) is 5.82 Å². The molecule has 0 bridgehead atoms. The van der Waals surface area contributed by atoms with E-state index < -0.39 is 12.0 Å². The number of imidazole rings is 1. The number of fused-ring (bicyclic) bond motifs is 1. The van der Waals surface area contributed by atoms with Gasteiger partial charge in [-0.05, 0) is 61.8 Å². The summed E-state index contributed by atoms with van der Waals surface area (Å²) in [6, 6.07) is 7.12. The van der Waals surface area contributed by atoms with Crippen molar-refractivity contribution in [2.75, 3.05) is 31.6 Å². The van der Waals surface area contributed by atoms with Crippen molar-refractivity contribution in [2.24, 2.45) is 5.11 Å². The summed E-state index contributed by atoms with van der Waals surface area (Å²) in [6.07, 6.45) is 9.31. The molecular weight excluding hydrogens is 500 g/mol. The lowest BCUT2D eigenvalue weighted by molar-refractivity contribution is -0.143. The van der Waals surface area contributed by atoms with E-state index in [1.807, 2.05) is 0 Å². The fraction of sp³-hybridized carbons (Fsp3) is 0.481. The van der Waals surface area contributed by atoms with Crippen molar-refractivity contribution >= 4 is 11.8 Å². The van der Waals surface area contributed by atoms with Crippen LogP contribution in [0.2, 0.25) is 0 Å². The highest BCUT2D eigenvalue weighted by Gasteiger charge is 2.22. The largest absolute Gasteiger partial charge is 0.478 e. The number of rotatable bonds is 14. The molecule has 4 heterocycles. The Kier molecular flexibility index (Phi) is 9.96. The van der Waals surface area contributed by atoms with E-state index >= 15 is 0 Å². The number of anilines is 1. The molecule has 0 spiro atoms. The molecule has 39 heavy (non-hydrogen) atoms. The zero-order valence-electron chi connectivity index (χ0n) is 22.2. The third kappa shape index (κ3) is 7.61. The maximum absolute atomic E-state index is 13.3. The first-order valence-electron chi connectivity index (χ1n) is 13.3. The van der Waals surface area contributed by atoms with Crippen molar-refractivity contribution in [3.63, 3.8) is 0 Å². The summed E-state index contributed by atoms with van der Waals surface area (Å²) >= 11 is 0. The molecular formula is C27H34N8O4. The second-order valence-electron chi connectivity index (χ2n) is 9.24. The molecule has 0 amide bonds. The van der Waals surface area contributed by atoms with Crippen molar-refractivity contribution in [1.29, 1.82) is 0 Å². The molecule has 4 rings (SSSR count). The quantitative estimate of drug-likeness (QED) is 0.108. The molecule has 206 valence electrons. The number of carbonyl (C=O) groups excluding carboxylic acids is 1. The van der Waals surface area contributed by atoms with Crippen LogP contribution in [0, 0.1) is 0 Å². The van der Waals surface area contributed by atoms with E-state index in [0.29, 0.717) is 37.6 Å². The number of esters is 1. The standard InChI is InChI=1S/C27H34N8O4/c1-2-38-25(36)18-23(21-9-11-24(30-19-21)39-17-5-13-31-33-28)35-16-15-34(27(35)37)14-4-7-22-10-8-20-6-3-12-29-26(20)32-22/h8-11,15-16,19,23H,2-7,12-14,17-18H2,1H3,(H,29,32)/t23-/m0/s1. The maximum Gasteiger partial charge on any atom is 0.328 e. The van der Waals surface area contributed by atoms with Crippen LogP contribution in [0.4, 0.5) is 5.82 Å². The molecule has 0 saturated heterocycles. The minimum Gasteiger partial charge on any atom is -0.478 e. The highest BCUT2D eigenvalue weighted by Crippen LogP contribution is 2.23. The van der Waals surface area contributed by atoms with Crippen LogP contribution in [-0.4, -0.2) is 51.4 Å². The summed E-state index contributed by atoms with van der Waals surface area (Å²) in [5.74, 6) is 0.986. The lowest BCUT2D eigenvalue weighted by Crippen LogP contribution is -2.29. The minimum atomic E-state index is -0.572. The molecule has 0 aliphatic carbocycles. The van der Waals surface area contributed by atoms with Gasteiger partial charge in [-0.1, -0.05) is 17.2 Å². The number of carbonyl (C=O) groups is 1. The average Bonchev–Trinajstić information content (AvgIpc) is 3.31. The first kappa shape index (κ1) is 27.7. The number of nitrogens with zero attached hydrogens (tertiary/aromatic N) is 7. The minimum absolute atomic E-state index is 0.00213. The molecule has 12 heteroatoms. The predicted molar refractivity (Wildman–Crippen MR) is 146 cm³/mol. The Morgan fingerprint density at radius 1 is 1.26 bits per heavy atom. The van der Waals surface area contributed by atoms with Crippen LogP contribution in [0.5, 0.6) is 5.88 Å². The smallest absolute Gasteiger partial charge is 0.328 e. The molecule has 12 nitrogen and oxygen atoms in total. The van der Waals surface area contributed by atoms with Gasteiger partial charge in [0.05, 0.1) is 25.7 Å². The summed E-state index contributed by atoms with van der Waals surface area (Å²) < 4.78 is 14.0. The number of aryl methyl sites for hydroxylation is 3. The summed E-state index contributed by atoms with van der Waals surface area (Å²) in [6.45, 7) is 4.19. The second kappa shape index (κ2) is 14.0. The molecule has 3 aromatic rings. The Labute approximate surface area is 226 Å². The molecule has 0 unspecified atom stereocenters. The SMILES string of the molecule is CCOC(=O)C[C@@H](c1ccc(OCCCN=[N+]=[N-])nc1)n1ccn(CCCc2ccc3c(n2)NCCC3)c1=O. The number of pyridine rings is 2. The van der Waals surface area contributed by atoms with Gasteiger partial charge >= 0.3 is 11.7 Å². The van der Waals surface area contributed by atoms with Crippen LogP contribution in [0.25, 0.3) is 10.4 Å². The fourth-order valence-electron chi connectivity index (χ4n) is 4.56. The Bertz CT molecular complexity index is 1340. The molecule has 1 atom stereocenters. The van der Waals surface area contributed by atoms with E-state index in [1.165, 1.54) is 5.56 Å². The molecule has 0 radical (unpaired) electrons. The summed E-state index contributed by atoms with van der Waals surface area (Å²) in [7, 11) is 0. The summed E-state index contributed by atoms with van der Waals surface area (Å²) in [5.41, 5.74) is 11.1.